The minimum atomic E-state index is -0.424. The lowest BCUT2D eigenvalue weighted by Crippen LogP contribution is -2.50. The number of carbonyl (C=O) groups excluding carboxylic acids is 2. The van der Waals surface area contributed by atoms with E-state index in [9.17, 15) is 20.0 Å². The summed E-state index contributed by atoms with van der Waals surface area (Å²) in [5.74, 6) is -0.302. The number of aromatic amines is 1. The molecular formula is C21H24N4O3. The number of nitriles is 1. The van der Waals surface area contributed by atoms with Crippen LogP contribution in [-0.4, -0.2) is 34.0 Å². The van der Waals surface area contributed by atoms with Gasteiger partial charge in [0.05, 0.1) is 12.0 Å². The molecule has 3 atom stereocenters. The number of amides is 2. The van der Waals surface area contributed by atoms with Gasteiger partial charge in [-0.2, -0.15) is 5.26 Å². The third-order valence-corrected chi connectivity index (χ3v) is 5.80. The number of nitrogens with zero attached hydrogens (tertiary/aromatic N) is 1. The zero-order valence-electron chi connectivity index (χ0n) is 15.6. The van der Waals surface area contributed by atoms with Gasteiger partial charge in [0.15, 0.2) is 0 Å². The van der Waals surface area contributed by atoms with E-state index in [-0.39, 0.29) is 35.4 Å². The average molecular weight is 380 g/mol. The number of phenolic OH excluding ortho intramolecular Hbond substituents is 1. The zero-order valence-corrected chi connectivity index (χ0v) is 15.6. The van der Waals surface area contributed by atoms with Gasteiger partial charge in [0.25, 0.3) is 5.91 Å². The predicted octanol–water partition coefficient (Wildman–Crippen LogP) is 2.58. The average Bonchev–Trinajstić information content (AvgIpc) is 3.45. The van der Waals surface area contributed by atoms with Gasteiger partial charge in [0.2, 0.25) is 5.91 Å². The van der Waals surface area contributed by atoms with Crippen LogP contribution in [0.3, 0.4) is 0 Å². The zero-order chi connectivity index (χ0) is 19.7. The Morgan fingerprint density at radius 3 is 2.71 bits per heavy atom. The van der Waals surface area contributed by atoms with E-state index in [1.54, 1.807) is 24.3 Å². The van der Waals surface area contributed by atoms with E-state index in [0.717, 1.165) is 43.0 Å². The van der Waals surface area contributed by atoms with Gasteiger partial charge in [-0.05, 0) is 55.9 Å². The van der Waals surface area contributed by atoms with Crippen LogP contribution in [0, 0.1) is 23.2 Å². The van der Waals surface area contributed by atoms with E-state index >= 15 is 0 Å². The molecule has 28 heavy (non-hydrogen) atoms. The predicted molar refractivity (Wildman–Crippen MR) is 103 cm³/mol. The molecule has 4 N–H and O–H groups in total. The second-order valence-electron chi connectivity index (χ2n) is 7.88. The number of fused-ring (bicyclic) bond motifs is 1. The fourth-order valence-corrected chi connectivity index (χ4v) is 4.05. The molecule has 146 valence electrons. The van der Waals surface area contributed by atoms with E-state index in [4.69, 9.17) is 0 Å². The Balaban J connectivity index is 1.45. The van der Waals surface area contributed by atoms with Crippen molar-refractivity contribution in [2.24, 2.45) is 11.8 Å². The molecule has 2 aromatic rings. The largest absolute Gasteiger partial charge is 0.508 e. The van der Waals surface area contributed by atoms with Crippen molar-refractivity contribution >= 4 is 22.7 Å². The fraction of sp³-hybridized carbons (Fsp3) is 0.476. The van der Waals surface area contributed by atoms with E-state index in [2.05, 4.69) is 21.7 Å². The first-order valence-electron chi connectivity index (χ1n) is 9.88. The smallest absolute Gasteiger partial charge is 0.267 e. The van der Waals surface area contributed by atoms with Gasteiger partial charge in [0, 0.05) is 16.9 Å². The van der Waals surface area contributed by atoms with E-state index in [1.165, 1.54) is 0 Å². The Morgan fingerprint density at radius 1 is 1.18 bits per heavy atom. The first-order valence-corrected chi connectivity index (χ1v) is 9.88. The van der Waals surface area contributed by atoms with Crippen molar-refractivity contribution in [1.82, 2.24) is 15.6 Å². The van der Waals surface area contributed by atoms with Gasteiger partial charge in [-0.3, -0.25) is 9.59 Å². The highest BCUT2D eigenvalue weighted by Crippen LogP contribution is 2.33. The topological polar surface area (TPSA) is 118 Å². The highest BCUT2D eigenvalue weighted by Gasteiger charge is 2.37. The van der Waals surface area contributed by atoms with Crippen LogP contribution in [0.25, 0.3) is 10.9 Å². The Kier molecular flexibility index (Phi) is 4.95. The summed E-state index contributed by atoms with van der Waals surface area (Å²) in [5, 5.41) is 25.5. The molecule has 0 spiro atoms. The summed E-state index contributed by atoms with van der Waals surface area (Å²) >= 11 is 0. The highest BCUT2D eigenvalue weighted by molar-refractivity contribution is 5.98. The first kappa shape index (κ1) is 18.4. The molecule has 0 radical (unpaired) electrons. The van der Waals surface area contributed by atoms with Crippen molar-refractivity contribution in [1.29, 1.82) is 5.26 Å². The van der Waals surface area contributed by atoms with Crippen LogP contribution in [0.2, 0.25) is 0 Å². The van der Waals surface area contributed by atoms with E-state index in [1.807, 2.05) is 0 Å². The maximum absolute atomic E-state index is 12.8. The minimum Gasteiger partial charge on any atom is -0.508 e. The molecule has 1 aromatic heterocycles. The van der Waals surface area contributed by atoms with Gasteiger partial charge in [0.1, 0.15) is 17.5 Å². The van der Waals surface area contributed by atoms with Crippen molar-refractivity contribution in [3.8, 4) is 11.8 Å². The number of aromatic hydroxyl groups is 1. The highest BCUT2D eigenvalue weighted by atomic mass is 16.3. The number of hydrogen-bond donors (Lipinski definition) is 4. The molecule has 7 heteroatoms. The summed E-state index contributed by atoms with van der Waals surface area (Å²) < 4.78 is 0. The molecule has 2 fully saturated rings. The molecule has 3 unspecified atom stereocenters. The van der Waals surface area contributed by atoms with Gasteiger partial charge in [-0.1, -0.05) is 12.8 Å². The van der Waals surface area contributed by atoms with Gasteiger partial charge in [-0.15, -0.1) is 0 Å². The summed E-state index contributed by atoms with van der Waals surface area (Å²) in [7, 11) is 0. The second kappa shape index (κ2) is 7.55. The SMILES string of the molecule is N#CC(NC(=O)C1CCCCC1NC(=O)c1cc2cc(O)ccc2[nH]1)C1CC1. The monoisotopic (exact) mass is 380 g/mol. The maximum Gasteiger partial charge on any atom is 0.267 e. The summed E-state index contributed by atoms with van der Waals surface area (Å²) in [6, 6.07) is 8.09. The molecule has 2 amide bonds. The Morgan fingerprint density at radius 2 is 1.96 bits per heavy atom. The van der Waals surface area contributed by atoms with Crippen LogP contribution in [0.15, 0.2) is 24.3 Å². The lowest BCUT2D eigenvalue weighted by Gasteiger charge is -2.31. The number of rotatable bonds is 5. The lowest BCUT2D eigenvalue weighted by atomic mass is 9.83. The summed E-state index contributed by atoms with van der Waals surface area (Å²) in [5.41, 5.74) is 1.17. The third-order valence-electron chi connectivity index (χ3n) is 5.80. The number of benzene rings is 1. The number of carbonyl (C=O) groups is 2. The molecule has 0 bridgehead atoms. The van der Waals surface area contributed by atoms with Gasteiger partial charge in [-0.25, -0.2) is 0 Å². The molecular weight excluding hydrogens is 356 g/mol. The van der Waals surface area contributed by atoms with Crippen LogP contribution in [0.5, 0.6) is 5.75 Å². The Bertz CT molecular complexity index is 941. The van der Waals surface area contributed by atoms with Crippen molar-refractivity contribution in [3.05, 3.63) is 30.0 Å². The molecule has 2 aliphatic carbocycles. The second-order valence-corrected chi connectivity index (χ2v) is 7.88. The van der Waals surface area contributed by atoms with Gasteiger partial charge < -0.3 is 20.7 Å². The van der Waals surface area contributed by atoms with Crippen LogP contribution in [0.4, 0.5) is 0 Å². The molecule has 2 aliphatic rings. The normalized spacial score (nSPS) is 23.0. The molecule has 0 aliphatic heterocycles. The lowest BCUT2D eigenvalue weighted by molar-refractivity contribution is -0.127. The molecule has 4 rings (SSSR count). The van der Waals surface area contributed by atoms with Crippen LogP contribution < -0.4 is 10.6 Å². The van der Waals surface area contributed by atoms with Crippen molar-refractivity contribution < 1.29 is 14.7 Å². The molecule has 1 heterocycles. The minimum absolute atomic E-state index is 0.134. The van der Waals surface area contributed by atoms with Crippen molar-refractivity contribution in [2.75, 3.05) is 0 Å². The van der Waals surface area contributed by atoms with E-state index < -0.39 is 6.04 Å². The Hall–Kier alpha value is -3.01. The van der Waals surface area contributed by atoms with Gasteiger partial charge >= 0.3 is 0 Å². The van der Waals surface area contributed by atoms with Crippen LogP contribution >= 0.6 is 0 Å². The molecule has 0 saturated heterocycles. The number of hydrogen-bond acceptors (Lipinski definition) is 4. The van der Waals surface area contributed by atoms with E-state index in [0.29, 0.717) is 12.1 Å². The Labute approximate surface area is 163 Å². The number of nitrogens with one attached hydrogen (secondary N) is 3. The number of aromatic nitrogens is 1. The first-order chi connectivity index (χ1) is 13.5. The fourth-order valence-electron chi connectivity index (χ4n) is 4.05. The molecule has 2 saturated carbocycles. The quantitative estimate of drug-likeness (QED) is 0.637. The molecule has 7 nitrogen and oxygen atoms in total. The summed E-state index contributed by atoms with van der Waals surface area (Å²) in [4.78, 5) is 28.6. The van der Waals surface area contributed by atoms with Crippen LogP contribution in [-0.2, 0) is 4.79 Å². The number of H-pyrrole nitrogens is 1. The third kappa shape index (κ3) is 3.81. The molecule has 1 aromatic carbocycles. The summed E-state index contributed by atoms with van der Waals surface area (Å²) in [6.45, 7) is 0. The number of phenols is 1. The summed E-state index contributed by atoms with van der Waals surface area (Å²) in [6.07, 6.45) is 5.32. The van der Waals surface area contributed by atoms with Crippen molar-refractivity contribution in [2.45, 2.75) is 50.6 Å². The van der Waals surface area contributed by atoms with Crippen molar-refractivity contribution in [3.63, 3.8) is 0 Å². The maximum atomic E-state index is 12.8. The van der Waals surface area contributed by atoms with Crippen LogP contribution in [0.1, 0.15) is 49.0 Å². The standard InChI is InChI=1S/C21H24N4O3/c22-11-19(12-5-6-12)25-20(27)15-3-1-2-4-17(15)24-21(28)18-10-13-9-14(26)7-8-16(13)23-18/h7-10,12,15,17,19,23,26H,1-6H2,(H,24,28)(H,25,27).